The maximum absolute atomic E-state index is 12.6. The molecule has 3 rings (SSSR count). The molecule has 1 fully saturated rings. The van der Waals surface area contributed by atoms with Crippen LogP contribution < -0.4 is 10.1 Å². The van der Waals surface area contributed by atoms with E-state index in [0.717, 1.165) is 22.2 Å². The Bertz CT molecular complexity index is 990. The Kier molecular flexibility index (Phi) is 6.06. The van der Waals surface area contributed by atoms with Gasteiger partial charge in [0, 0.05) is 16.3 Å². The maximum Gasteiger partial charge on any atom is 0.294 e. The molecule has 1 N–H and O–H groups in total. The predicted octanol–water partition coefficient (Wildman–Crippen LogP) is 4.33. The zero-order chi connectivity index (χ0) is 20.3. The van der Waals surface area contributed by atoms with Gasteiger partial charge in [-0.05, 0) is 48.5 Å². The summed E-state index contributed by atoms with van der Waals surface area (Å²) in [6, 6.07) is 12.3. The summed E-state index contributed by atoms with van der Waals surface area (Å²) in [6.07, 6.45) is 1.59. The maximum atomic E-state index is 12.6. The molecule has 28 heavy (non-hydrogen) atoms. The van der Waals surface area contributed by atoms with Crippen molar-refractivity contribution in [1.29, 1.82) is 0 Å². The molecule has 1 aliphatic heterocycles. The lowest BCUT2D eigenvalue weighted by Gasteiger charge is -2.13. The molecule has 2 aromatic carbocycles. The van der Waals surface area contributed by atoms with Crippen molar-refractivity contribution in [3.63, 3.8) is 0 Å². The number of benzene rings is 2. The van der Waals surface area contributed by atoms with Crippen molar-refractivity contribution in [3.8, 4) is 5.75 Å². The number of carbonyl (C=O) groups is 3. The number of hydrogen-bond acceptors (Lipinski definition) is 5. The van der Waals surface area contributed by atoms with Crippen molar-refractivity contribution < 1.29 is 19.1 Å². The van der Waals surface area contributed by atoms with Crippen molar-refractivity contribution in [1.82, 2.24) is 4.90 Å². The highest BCUT2D eigenvalue weighted by Crippen LogP contribution is 2.33. The van der Waals surface area contributed by atoms with Crippen LogP contribution >= 0.6 is 23.4 Å². The van der Waals surface area contributed by atoms with Gasteiger partial charge in [0.2, 0.25) is 5.91 Å². The SMILES string of the molecule is COc1ccccc1/C=C1\SC(=O)N(CC(=O)Nc2cc(Cl)ccc2C)C1=O. The zero-order valence-corrected chi connectivity index (χ0v) is 16.8. The predicted molar refractivity (Wildman–Crippen MR) is 110 cm³/mol. The normalized spacial score (nSPS) is 15.2. The molecular formula is C20H17ClN2O4S. The van der Waals surface area contributed by atoms with Crippen LogP contribution in [0.2, 0.25) is 5.02 Å². The Morgan fingerprint density at radius 2 is 2.00 bits per heavy atom. The molecule has 6 nitrogen and oxygen atoms in total. The number of aryl methyl sites for hydroxylation is 1. The highest BCUT2D eigenvalue weighted by Gasteiger charge is 2.36. The molecule has 0 atom stereocenters. The van der Waals surface area contributed by atoms with Crippen molar-refractivity contribution in [3.05, 3.63) is 63.5 Å². The molecule has 0 saturated carbocycles. The van der Waals surface area contributed by atoms with Crippen LogP contribution in [0.4, 0.5) is 10.5 Å². The first kappa shape index (κ1) is 20.0. The van der Waals surface area contributed by atoms with Gasteiger partial charge in [0.15, 0.2) is 0 Å². The Labute approximate surface area is 171 Å². The van der Waals surface area contributed by atoms with Gasteiger partial charge >= 0.3 is 0 Å². The number of para-hydroxylation sites is 1. The summed E-state index contributed by atoms with van der Waals surface area (Å²) < 4.78 is 5.26. The van der Waals surface area contributed by atoms with Gasteiger partial charge < -0.3 is 10.1 Å². The second-order valence-electron chi connectivity index (χ2n) is 6.02. The van der Waals surface area contributed by atoms with Crippen molar-refractivity contribution in [2.45, 2.75) is 6.92 Å². The molecule has 8 heteroatoms. The molecule has 0 bridgehead atoms. The van der Waals surface area contributed by atoms with Gasteiger partial charge in [0.1, 0.15) is 12.3 Å². The lowest BCUT2D eigenvalue weighted by Crippen LogP contribution is -2.36. The number of amides is 3. The second-order valence-corrected chi connectivity index (χ2v) is 7.45. The quantitative estimate of drug-likeness (QED) is 0.734. The van der Waals surface area contributed by atoms with Gasteiger partial charge in [-0.3, -0.25) is 19.3 Å². The van der Waals surface area contributed by atoms with E-state index in [9.17, 15) is 14.4 Å². The van der Waals surface area contributed by atoms with E-state index in [1.54, 1.807) is 42.5 Å². The minimum absolute atomic E-state index is 0.237. The first-order chi connectivity index (χ1) is 13.4. The number of thioether (sulfide) groups is 1. The number of anilines is 1. The number of nitrogens with one attached hydrogen (secondary N) is 1. The molecule has 1 saturated heterocycles. The number of carbonyl (C=O) groups excluding carboxylic acids is 3. The van der Waals surface area contributed by atoms with Crippen LogP contribution in [-0.4, -0.2) is 35.6 Å². The Morgan fingerprint density at radius 3 is 2.75 bits per heavy atom. The van der Waals surface area contributed by atoms with Crippen LogP contribution in [0.5, 0.6) is 5.75 Å². The van der Waals surface area contributed by atoms with Gasteiger partial charge in [-0.2, -0.15) is 0 Å². The monoisotopic (exact) mass is 416 g/mol. The van der Waals surface area contributed by atoms with Crippen LogP contribution in [0.15, 0.2) is 47.4 Å². The van der Waals surface area contributed by atoms with E-state index in [1.165, 1.54) is 7.11 Å². The number of rotatable bonds is 5. The summed E-state index contributed by atoms with van der Waals surface area (Å²) in [5, 5.41) is 2.67. The Balaban J connectivity index is 1.74. The van der Waals surface area contributed by atoms with E-state index < -0.39 is 17.1 Å². The lowest BCUT2D eigenvalue weighted by molar-refractivity contribution is -0.127. The third-order valence-corrected chi connectivity index (χ3v) is 5.22. The van der Waals surface area contributed by atoms with E-state index in [2.05, 4.69) is 5.32 Å². The number of ether oxygens (including phenoxy) is 1. The molecule has 0 aromatic heterocycles. The summed E-state index contributed by atoms with van der Waals surface area (Å²) in [6.45, 7) is 1.45. The molecule has 3 amide bonds. The average molecular weight is 417 g/mol. The molecular weight excluding hydrogens is 400 g/mol. The van der Waals surface area contributed by atoms with Gasteiger partial charge in [-0.25, -0.2) is 0 Å². The Hall–Kier alpha value is -2.77. The van der Waals surface area contributed by atoms with Crippen LogP contribution in [0, 0.1) is 6.92 Å². The summed E-state index contributed by atoms with van der Waals surface area (Å²) in [7, 11) is 1.53. The van der Waals surface area contributed by atoms with E-state index in [1.807, 2.05) is 13.0 Å². The zero-order valence-electron chi connectivity index (χ0n) is 15.2. The van der Waals surface area contributed by atoms with Crippen molar-refractivity contribution in [2.75, 3.05) is 19.0 Å². The third kappa shape index (κ3) is 4.37. The molecule has 1 heterocycles. The van der Waals surface area contributed by atoms with Crippen molar-refractivity contribution in [2.24, 2.45) is 0 Å². The van der Waals surface area contributed by atoms with Gasteiger partial charge in [-0.1, -0.05) is 35.9 Å². The summed E-state index contributed by atoms with van der Waals surface area (Å²) in [4.78, 5) is 38.3. The minimum atomic E-state index is -0.515. The van der Waals surface area contributed by atoms with Crippen LogP contribution in [0.1, 0.15) is 11.1 Å². The average Bonchev–Trinajstić information content (AvgIpc) is 2.92. The van der Waals surface area contributed by atoms with Crippen LogP contribution in [0.3, 0.4) is 0 Å². The number of nitrogens with zero attached hydrogens (tertiary/aromatic N) is 1. The molecule has 144 valence electrons. The first-order valence-corrected chi connectivity index (χ1v) is 9.53. The molecule has 0 radical (unpaired) electrons. The van der Waals surface area contributed by atoms with Crippen molar-refractivity contribution >= 4 is 52.2 Å². The minimum Gasteiger partial charge on any atom is -0.496 e. The molecule has 0 unspecified atom stereocenters. The van der Waals surface area contributed by atoms with Crippen LogP contribution in [-0.2, 0) is 9.59 Å². The first-order valence-electron chi connectivity index (χ1n) is 8.33. The summed E-state index contributed by atoms with van der Waals surface area (Å²) >= 11 is 6.74. The van der Waals surface area contributed by atoms with E-state index >= 15 is 0 Å². The fraction of sp³-hybridized carbons (Fsp3) is 0.150. The van der Waals surface area contributed by atoms with Gasteiger partial charge in [-0.15, -0.1) is 0 Å². The molecule has 1 aliphatic rings. The highest BCUT2D eigenvalue weighted by atomic mass is 35.5. The smallest absolute Gasteiger partial charge is 0.294 e. The van der Waals surface area contributed by atoms with Crippen LogP contribution in [0.25, 0.3) is 6.08 Å². The second kappa shape index (κ2) is 8.50. The number of methoxy groups -OCH3 is 1. The lowest BCUT2D eigenvalue weighted by atomic mass is 10.2. The number of hydrogen-bond donors (Lipinski definition) is 1. The third-order valence-electron chi connectivity index (χ3n) is 4.07. The summed E-state index contributed by atoms with van der Waals surface area (Å²) in [5.74, 6) is -0.409. The Morgan fingerprint density at radius 1 is 1.25 bits per heavy atom. The standard InChI is InChI=1S/C20H17ClN2O4S/c1-12-7-8-14(21)10-15(12)22-18(24)11-23-19(25)17(28-20(23)26)9-13-5-3-4-6-16(13)27-2/h3-10H,11H2,1-2H3,(H,22,24)/b17-9-. The fourth-order valence-corrected chi connectivity index (χ4v) is 3.63. The van der Waals surface area contributed by atoms with E-state index in [4.69, 9.17) is 16.3 Å². The topological polar surface area (TPSA) is 75.7 Å². The molecule has 0 spiro atoms. The summed E-state index contributed by atoms with van der Waals surface area (Å²) in [5.41, 5.74) is 2.03. The highest BCUT2D eigenvalue weighted by molar-refractivity contribution is 8.18. The fourth-order valence-electron chi connectivity index (χ4n) is 2.63. The van der Waals surface area contributed by atoms with E-state index in [0.29, 0.717) is 22.0 Å². The van der Waals surface area contributed by atoms with Gasteiger partial charge in [0.05, 0.1) is 12.0 Å². The van der Waals surface area contributed by atoms with E-state index in [-0.39, 0.29) is 11.4 Å². The largest absolute Gasteiger partial charge is 0.496 e. The molecule has 0 aliphatic carbocycles. The number of halogens is 1. The molecule has 2 aromatic rings. The van der Waals surface area contributed by atoms with Gasteiger partial charge in [0.25, 0.3) is 11.1 Å². The number of imide groups is 1.